The highest BCUT2D eigenvalue weighted by Crippen LogP contribution is 2.24. The quantitative estimate of drug-likeness (QED) is 0.760. The van der Waals surface area contributed by atoms with Crippen LogP contribution in [0.5, 0.6) is 5.88 Å². The van der Waals surface area contributed by atoms with Gasteiger partial charge in [-0.25, -0.2) is 8.42 Å². The second-order valence-electron chi connectivity index (χ2n) is 7.07. The van der Waals surface area contributed by atoms with Crippen molar-refractivity contribution in [3.05, 3.63) is 36.4 Å². The lowest BCUT2D eigenvalue weighted by Crippen LogP contribution is -2.44. The van der Waals surface area contributed by atoms with Crippen LogP contribution in [-0.4, -0.2) is 62.1 Å². The zero-order chi connectivity index (χ0) is 21.0. The number of hydrogen-bond donors (Lipinski definition) is 1. The van der Waals surface area contributed by atoms with Crippen LogP contribution in [0, 0.1) is 0 Å². The monoisotopic (exact) mass is 419 g/mol. The van der Waals surface area contributed by atoms with Crippen LogP contribution in [0.1, 0.15) is 19.8 Å². The fourth-order valence-electron chi connectivity index (χ4n) is 3.07. The summed E-state index contributed by atoms with van der Waals surface area (Å²) in [6.07, 6.45) is 1.14. The molecule has 2 aromatic rings. The molecule has 1 aromatic heterocycles. The first-order valence-electron chi connectivity index (χ1n) is 9.31. The van der Waals surface area contributed by atoms with Crippen LogP contribution in [-0.2, 0) is 14.8 Å². The molecule has 3 rings (SSSR count). The van der Waals surface area contributed by atoms with Crippen molar-refractivity contribution >= 4 is 27.4 Å². The SMILES string of the molecule is CC(=O)Nc1ccc(S(=O)(=O)N2CCCC(Oc3ccc(N(C)C)nn3)C2)cc1. The van der Waals surface area contributed by atoms with E-state index >= 15 is 0 Å². The van der Waals surface area contributed by atoms with Gasteiger partial charge in [-0.1, -0.05) is 0 Å². The summed E-state index contributed by atoms with van der Waals surface area (Å²) in [5, 5.41) is 10.8. The number of sulfonamides is 1. The molecule has 1 amide bonds. The van der Waals surface area contributed by atoms with Gasteiger partial charge in [0, 0.05) is 39.3 Å². The Hall–Kier alpha value is -2.72. The van der Waals surface area contributed by atoms with E-state index in [0.717, 1.165) is 6.42 Å². The number of hydrogen-bond acceptors (Lipinski definition) is 7. The number of ether oxygens (including phenoxy) is 1. The summed E-state index contributed by atoms with van der Waals surface area (Å²) in [4.78, 5) is 13.1. The molecule has 9 nitrogen and oxygen atoms in total. The molecule has 1 aromatic carbocycles. The van der Waals surface area contributed by atoms with Gasteiger partial charge in [0.25, 0.3) is 0 Å². The number of nitrogens with one attached hydrogen (secondary N) is 1. The number of rotatable bonds is 6. The molecular weight excluding hydrogens is 394 g/mol. The molecule has 29 heavy (non-hydrogen) atoms. The summed E-state index contributed by atoms with van der Waals surface area (Å²) in [5.41, 5.74) is 0.552. The molecule has 1 unspecified atom stereocenters. The van der Waals surface area contributed by atoms with Crippen molar-refractivity contribution < 1.29 is 17.9 Å². The van der Waals surface area contributed by atoms with Gasteiger partial charge >= 0.3 is 0 Å². The molecule has 0 radical (unpaired) electrons. The summed E-state index contributed by atoms with van der Waals surface area (Å²) >= 11 is 0. The van der Waals surface area contributed by atoms with Crippen LogP contribution in [0.25, 0.3) is 0 Å². The number of benzene rings is 1. The van der Waals surface area contributed by atoms with E-state index in [1.165, 1.54) is 23.4 Å². The zero-order valence-corrected chi connectivity index (χ0v) is 17.5. The molecule has 1 fully saturated rings. The first-order chi connectivity index (χ1) is 13.8. The predicted octanol–water partition coefficient (Wildman–Crippen LogP) is 1.73. The highest BCUT2D eigenvalue weighted by Gasteiger charge is 2.31. The van der Waals surface area contributed by atoms with Crippen molar-refractivity contribution in [3.63, 3.8) is 0 Å². The number of carbonyl (C=O) groups is 1. The van der Waals surface area contributed by atoms with Crippen LogP contribution >= 0.6 is 0 Å². The predicted molar refractivity (Wildman–Crippen MR) is 110 cm³/mol. The van der Waals surface area contributed by atoms with Gasteiger partial charge in [-0.05, 0) is 43.2 Å². The van der Waals surface area contributed by atoms with Crippen molar-refractivity contribution in [3.8, 4) is 5.88 Å². The Morgan fingerprint density at radius 3 is 2.48 bits per heavy atom. The Balaban J connectivity index is 1.68. The molecule has 10 heteroatoms. The lowest BCUT2D eigenvalue weighted by Gasteiger charge is -2.31. The molecule has 1 aliphatic rings. The second-order valence-corrected chi connectivity index (χ2v) is 9.01. The molecule has 1 N–H and O–H groups in total. The van der Waals surface area contributed by atoms with E-state index in [1.54, 1.807) is 24.3 Å². The van der Waals surface area contributed by atoms with Gasteiger partial charge in [0.05, 0.1) is 11.4 Å². The van der Waals surface area contributed by atoms with E-state index in [0.29, 0.717) is 30.4 Å². The number of carbonyl (C=O) groups excluding carboxylic acids is 1. The first-order valence-corrected chi connectivity index (χ1v) is 10.8. The lowest BCUT2D eigenvalue weighted by molar-refractivity contribution is -0.114. The Morgan fingerprint density at radius 1 is 1.17 bits per heavy atom. The molecule has 0 aliphatic carbocycles. The van der Waals surface area contributed by atoms with Crippen LogP contribution in [0.3, 0.4) is 0 Å². The molecular formula is C19H25N5O4S. The summed E-state index contributed by atoms with van der Waals surface area (Å²) in [7, 11) is 0.0918. The van der Waals surface area contributed by atoms with E-state index in [-0.39, 0.29) is 23.5 Å². The normalized spacial score (nSPS) is 17.6. The molecule has 1 saturated heterocycles. The smallest absolute Gasteiger partial charge is 0.243 e. The van der Waals surface area contributed by atoms with E-state index in [2.05, 4.69) is 15.5 Å². The average Bonchev–Trinajstić information content (AvgIpc) is 2.68. The highest BCUT2D eigenvalue weighted by molar-refractivity contribution is 7.89. The van der Waals surface area contributed by atoms with Crippen LogP contribution < -0.4 is 15.0 Å². The maximum Gasteiger partial charge on any atom is 0.243 e. The molecule has 2 heterocycles. The van der Waals surface area contributed by atoms with Gasteiger partial charge in [-0.3, -0.25) is 4.79 Å². The fraction of sp³-hybridized carbons (Fsp3) is 0.421. The molecule has 1 atom stereocenters. The number of aromatic nitrogens is 2. The van der Waals surface area contributed by atoms with Crippen molar-refractivity contribution in [1.82, 2.24) is 14.5 Å². The Labute approximate surface area is 170 Å². The van der Waals surface area contributed by atoms with Gasteiger partial charge < -0.3 is 15.0 Å². The van der Waals surface area contributed by atoms with Crippen LogP contribution in [0.2, 0.25) is 0 Å². The van der Waals surface area contributed by atoms with Gasteiger partial charge in [-0.2, -0.15) is 4.31 Å². The first kappa shape index (κ1) is 21.0. The maximum atomic E-state index is 13.0. The maximum absolute atomic E-state index is 13.0. The van der Waals surface area contributed by atoms with Crippen molar-refractivity contribution in [2.75, 3.05) is 37.4 Å². The van der Waals surface area contributed by atoms with Crippen LogP contribution in [0.15, 0.2) is 41.3 Å². The van der Waals surface area contributed by atoms with Gasteiger partial charge in [0.2, 0.25) is 21.8 Å². The second kappa shape index (κ2) is 8.75. The molecule has 1 aliphatic heterocycles. The van der Waals surface area contributed by atoms with Gasteiger partial charge in [0.1, 0.15) is 6.10 Å². The molecule has 0 spiro atoms. The summed E-state index contributed by atoms with van der Waals surface area (Å²) < 4.78 is 33.3. The number of nitrogens with zero attached hydrogens (tertiary/aromatic N) is 4. The topological polar surface area (TPSA) is 105 Å². The Kier molecular flexibility index (Phi) is 6.33. The fourth-order valence-corrected chi connectivity index (χ4v) is 4.58. The highest BCUT2D eigenvalue weighted by atomic mass is 32.2. The minimum atomic E-state index is -3.65. The lowest BCUT2D eigenvalue weighted by atomic mass is 10.1. The summed E-state index contributed by atoms with van der Waals surface area (Å²) in [5.74, 6) is 0.880. The van der Waals surface area contributed by atoms with E-state index < -0.39 is 10.0 Å². The van der Waals surface area contributed by atoms with Crippen molar-refractivity contribution in [2.45, 2.75) is 30.8 Å². The number of piperidine rings is 1. The van der Waals surface area contributed by atoms with Crippen molar-refractivity contribution in [2.24, 2.45) is 0 Å². The average molecular weight is 420 g/mol. The molecule has 156 valence electrons. The standard InChI is InChI=1S/C19H25N5O4S/c1-14(25)20-15-6-8-17(9-7-15)29(26,27)24-12-4-5-16(13-24)28-19-11-10-18(21-22-19)23(2)3/h6-11,16H,4-5,12-13H2,1-3H3,(H,20,25). The minimum Gasteiger partial charge on any atom is -0.472 e. The van der Waals surface area contributed by atoms with E-state index in [4.69, 9.17) is 4.74 Å². The molecule has 0 bridgehead atoms. The minimum absolute atomic E-state index is 0.183. The van der Waals surface area contributed by atoms with Gasteiger partial charge in [0.15, 0.2) is 5.82 Å². The van der Waals surface area contributed by atoms with Gasteiger partial charge in [-0.15, -0.1) is 10.2 Å². The Morgan fingerprint density at radius 2 is 1.90 bits per heavy atom. The molecule has 0 saturated carbocycles. The van der Waals surface area contributed by atoms with E-state index in [1.807, 2.05) is 19.0 Å². The summed E-state index contributed by atoms with van der Waals surface area (Å²) in [6, 6.07) is 9.68. The van der Waals surface area contributed by atoms with Crippen molar-refractivity contribution in [1.29, 1.82) is 0 Å². The third-order valence-corrected chi connectivity index (χ3v) is 6.40. The van der Waals surface area contributed by atoms with E-state index in [9.17, 15) is 13.2 Å². The zero-order valence-electron chi connectivity index (χ0n) is 16.7. The third kappa shape index (κ3) is 5.21. The Bertz CT molecular complexity index is 946. The largest absolute Gasteiger partial charge is 0.472 e. The van der Waals surface area contributed by atoms with Crippen LogP contribution in [0.4, 0.5) is 11.5 Å². The summed E-state index contributed by atoms with van der Waals surface area (Å²) in [6.45, 7) is 2.07. The number of anilines is 2. The third-order valence-electron chi connectivity index (χ3n) is 4.52. The number of amides is 1.